The van der Waals surface area contributed by atoms with Crippen molar-refractivity contribution in [1.29, 1.82) is 0 Å². The first-order chi connectivity index (χ1) is 10.7. The minimum absolute atomic E-state index is 0.151. The molecule has 0 unspecified atom stereocenters. The number of aromatic nitrogens is 2. The van der Waals surface area contributed by atoms with Crippen LogP contribution in [-0.2, 0) is 6.54 Å². The zero-order valence-corrected chi connectivity index (χ0v) is 13.1. The van der Waals surface area contributed by atoms with Gasteiger partial charge in [-0.1, -0.05) is 43.7 Å². The van der Waals surface area contributed by atoms with Gasteiger partial charge in [-0.2, -0.15) is 0 Å². The summed E-state index contributed by atoms with van der Waals surface area (Å²) in [4.78, 5) is 20.7. The second-order valence-electron chi connectivity index (χ2n) is 5.17. The number of aryl methyl sites for hydroxylation is 1. The average molecular weight is 298 g/mol. The Labute approximate surface area is 131 Å². The normalized spacial score (nSPS) is 10.3. The van der Waals surface area contributed by atoms with Gasteiger partial charge >= 0.3 is 0 Å². The van der Waals surface area contributed by atoms with Crippen LogP contribution in [0.25, 0.3) is 0 Å². The molecule has 1 heterocycles. The van der Waals surface area contributed by atoms with E-state index in [1.54, 1.807) is 6.07 Å². The molecule has 116 valence electrons. The minimum Gasteiger partial charge on any atom is -0.351 e. The summed E-state index contributed by atoms with van der Waals surface area (Å²) in [6.07, 6.45) is 2.02. The molecular formula is C17H22N4O. The summed E-state index contributed by atoms with van der Waals surface area (Å²) in [5.74, 6) is 0.325. The van der Waals surface area contributed by atoms with Crippen LogP contribution in [0, 0.1) is 6.92 Å². The number of hydrogen-bond acceptors (Lipinski definition) is 4. The zero-order chi connectivity index (χ0) is 15.8. The van der Waals surface area contributed by atoms with Gasteiger partial charge < -0.3 is 10.6 Å². The number of unbranched alkanes of at least 4 members (excludes halogenated alkanes) is 1. The fourth-order valence-electron chi connectivity index (χ4n) is 2.01. The molecule has 1 aromatic heterocycles. The molecule has 5 nitrogen and oxygen atoms in total. The Kier molecular flexibility index (Phi) is 5.89. The Balaban J connectivity index is 2.01. The molecule has 0 radical (unpaired) electrons. The van der Waals surface area contributed by atoms with E-state index in [4.69, 9.17) is 0 Å². The van der Waals surface area contributed by atoms with E-state index in [1.165, 1.54) is 0 Å². The van der Waals surface area contributed by atoms with Crippen LogP contribution in [0.3, 0.4) is 0 Å². The van der Waals surface area contributed by atoms with Gasteiger partial charge in [0.25, 0.3) is 5.91 Å². The molecule has 0 saturated heterocycles. The molecule has 0 saturated carbocycles. The van der Waals surface area contributed by atoms with Crippen molar-refractivity contribution in [3.8, 4) is 0 Å². The van der Waals surface area contributed by atoms with E-state index >= 15 is 0 Å². The van der Waals surface area contributed by atoms with Crippen LogP contribution in [0.5, 0.6) is 0 Å². The van der Waals surface area contributed by atoms with Crippen LogP contribution in [-0.4, -0.2) is 22.4 Å². The van der Waals surface area contributed by atoms with Gasteiger partial charge in [0.2, 0.25) is 5.95 Å². The van der Waals surface area contributed by atoms with Crippen LogP contribution in [0.4, 0.5) is 5.95 Å². The lowest BCUT2D eigenvalue weighted by atomic mass is 10.2. The number of carbonyl (C=O) groups excluding carboxylic acids is 1. The van der Waals surface area contributed by atoms with Gasteiger partial charge in [-0.25, -0.2) is 9.97 Å². The molecule has 0 fully saturated rings. The van der Waals surface area contributed by atoms with Crippen molar-refractivity contribution < 1.29 is 4.79 Å². The summed E-state index contributed by atoms with van der Waals surface area (Å²) >= 11 is 0. The van der Waals surface area contributed by atoms with Gasteiger partial charge in [0.15, 0.2) is 0 Å². The molecule has 2 rings (SSSR count). The minimum atomic E-state index is -0.151. The first kappa shape index (κ1) is 15.9. The van der Waals surface area contributed by atoms with Gasteiger partial charge in [0, 0.05) is 18.8 Å². The molecule has 2 aromatic rings. The second kappa shape index (κ2) is 8.12. The summed E-state index contributed by atoms with van der Waals surface area (Å²) < 4.78 is 0. The van der Waals surface area contributed by atoms with E-state index in [0.717, 1.165) is 24.1 Å². The monoisotopic (exact) mass is 298 g/mol. The maximum atomic E-state index is 12.1. The van der Waals surface area contributed by atoms with Crippen molar-refractivity contribution in [1.82, 2.24) is 15.3 Å². The smallest absolute Gasteiger partial charge is 0.270 e. The standard InChI is InChI=1S/C17H22N4O/c1-3-4-10-18-16(22)15-11-13(2)20-17(21-15)19-12-14-8-6-5-7-9-14/h5-9,11H,3-4,10,12H2,1-2H3,(H,18,22)(H,19,20,21). The van der Waals surface area contributed by atoms with Crippen molar-refractivity contribution in [2.45, 2.75) is 33.2 Å². The summed E-state index contributed by atoms with van der Waals surface area (Å²) in [5, 5.41) is 6.03. The molecule has 1 aromatic carbocycles. The van der Waals surface area contributed by atoms with Crippen molar-refractivity contribution in [2.24, 2.45) is 0 Å². The van der Waals surface area contributed by atoms with E-state index < -0.39 is 0 Å². The number of carbonyl (C=O) groups is 1. The fraction of sp³-hybridized carbons (Fsp3) is 0.353. The van der Waals surface area contributed by atoms with E-state index in [1.807, 2.05) is 37.3 Å². The molecule has 5 heteroatoms. The van der Waals surface area contributed by atoms with Crippen LogP contribution >= 0.6 is 0 Å². The number of nitrogens with zero attached hydrogens (tertiary/aromatic N) is 2. The summed E-state index contributed by atoms with van der Waals surface area (Å²) in [7, 11) is 0. The summed E-state index contributed by atoms with van der Waals surface area (Å²) in [6.45, 7) is 5.25. The van der Waals surface area contributed by atoms with Gasteiger partial charge in [-0.15, -0.1) is 0 Å². The predicted octanol–water partition coefficient (Wildman–Crippen LogP) is 2.93. The van der Waals surface area contributed by atoms with E-state index in [9.17, 15) is 4.79 Å². The molecule has 0 aliphatic rings. The van der Waals surface area contributed by atoms with Crippen molar-refractivity contribution in [2.75, 3.05) is 11.9 Å². The molecule has 0 aliphatic heterocycles. The summed E-state index contributed by atoms with van der Waals surface area (Å²) in [6, 6.07) is 11.7. The average Bonchev–Trinajstić information content (AvgIpc) is 2.53. The number of rotatable bonds is 7. The van der Waals surface area contributed by atoms with Crippen LogP contribution in [0.1, 0.15) is 41.5 Å². The summed E-state index contributed by atoms with van der Waals surface area (Å²) in [5.41, 5.74) is 2.31. The Morgan fingerprint density at radius 3 is 2.68 bits per heavy atom. The molecule has 2 N–H and O–H groups in total. The van der Waals surface area contributed by atoms with Gasteiger partial charge in [0.1, 0.15) is 5.69 Å². The largest absolute Gasteiger partial charge is 0.351 e. The predicted molar refractivity (Wildman–Crippen MR) is 87.8 cm³/mol. The first-order valence-electron chi connectivity index (χ1n) is 7.60. The third-order valence-electron chi connectivity index (χ3n) is 3.20. The number of amides is 1. The second-order valence-corrected chi connectivity index (χ2v) is 5.17. The van der Waals surface area contributed by atoms with E-state index in [2.05, 4.69) is 27.5 Å². The molecule has 0 atom stereocenters. The maximum absolute atomic E-state index is 12.1. The molecule has 0 bridgehead atoms. The number of benzene rings is 1. The SMILES string of the molecule is CCCCNC(=O)c1cc(C)nc(NCc2ccccc2)n1. The lowest BCUT2D eigenvalue weighted by Crippen LogP contribution is -2.26. The van der Waals surface area contributed by atoms with Gasteiger partial charge in [-0.3, -0.25) is 4.79 Å². The Hall–Kier alpha value is -2.43. The Morgan fingerprint density at radius 1 is 1.18 bits per heavy atom. The van der Waals surface area contributed by atoms with Gasteiger partial charge in [-0.05, 0) is 25.0 Å². The molecular weight excluding hydrogens is 276 g/mol. The third kappa shape index (κ3) is 4.84. The van der Waals surface area contributed by atoms with Crippen molar-refractivity contribution in [3.05, 3.63) is 53.3 Å². The fourth-order valence-corrected chi connectivity index (χ4v) is 2.01. The number of anilines is 1. The van der Waals surface area contributed by atoms with Crippen LogP contribution in [0.2, 0.25) is 0 Å². The van der Waals surface area contributed by atoms with Crippen molar-refractivity contribution >= 4 is 11.9 Å². The van der Waals surface area contributed by atoms with E-state index in [-0.39, 0.29) is 5.91 Å². The highest BCUT2D eigenvalue weighted by molar-refractivity contribution is 5.92. The quantitative estimate of drug-likeness (QED) is 0.771. The molecule has 1 amide bonds. The highest BCUT2D eigenvalue weighted by atomic mass is 16.1. The highest BCUT2D eigenvalue weighted by Crippen LogP contribution is 2.07. The van der Waals surface area contributed by atoms with Crippen LogP contribution < -0.4 is 10.6 Å². The molecule has 0 aliphatic carbocycles. The van der Waals surface area contributed by atoms with Gasteiger partial charge in [0.05, 0.1) is 0 Å². The zero-order valence-electron chi connectivity index (χ0n) is 13.1. The van der Waals surface area contributed by atoms with Crippen LogP contribution in [0.15, 0.2) is 36.4 Å². The first-order valence-corrected chi connectivity index (χ1v) is 7.60. The lowest BCUT2D eigenvalue weighted by molar-refractivity contribution is 0.0948. The highest BCUT2D eigenvalue weighted by Gasteiger charge is 2.09. The molecule has 0 spiro atoms. The molecule has 22 heavy (non-hydrogen) atoms. The number of hydrogen-bond donors (Lipinski definition) is 2. The Bertz CT molecular complexity index is 613. The maximum Gasteiger partial charge on any atom is 0.270 e. The third-order valence-corrected chi connectivity index (χ3v) is 3.20. The van der Waals surface area contributed by atoms with E-state index in [0.29, 0.717) is 24.7 Å². The number of nitrogens with one attached hydrogen (secondary N) is 2. The lowest BCUT2D eigenvalue weighted by Gasteiger charge is -2.09. The topological polar surface area (TPSA) is 66.9 Å². The van der Waals surface area contributed by atoms with Crippen molar-refractivity contribution in [3.63, 3.8) is 0 Å². The Morgan fingerprint density at radius 2 is 1.95 bits per heavy atom.